The first-order chi connectivity index (χ1) is 13.4. The number of nitrogens with zero attached hydrogens (tertiary/aromatic N) is 1. The number of nitrogens with one attached hydrogen (secondary N) is 1. The van der Waals surface area contributed by atoms with Crippen LogP contribution in [0.3, 0.4) is 0 Å². The van der Waals surface area contributed by atoms with Crippen molar-refractivity contribution in [1.29, 1.82) is 0 Å². The Hall–Kier alpha value is -2.50. The summed E-state index contributed by atoms with van der Waals surface area (Å²) in [7, 11) is 5.61. The Labute approximate surface area is 171 Å². The van der Waals surface area contributed by atoms with Crippen LogP contribution in [0.1, 0.15) is 23.6 Å². The van der Waals surface area contributed by atoms with E-state index < -0.39 is 0 Å². The molecule has 0 aromatic heterocycles. The minimum absolute atomic E-state index is 0.178. The van der Waals surface area contributed by atoms with Gasteiger partial charge in [-0.2, -0.15) is 0 Å². The maximum Gasteiger partial charge on any atom is 0.244 e. The molecular weight excluding hydrogens is 376 g/mol. The molecule has 0 heterocycles. The Kier molecular flexibility index (Phi) is 8.36. The largest absolute Gasteiger partial charge is 0.491 e. The normalized spacial score (nSPS) is 11.1. The lowest BCUT2D eigenvalue weighted by molar-refractivity contribution is -0.116. The molecule has 2 aromatic carbocycles. The van der Waals surface area contributed by atoms with E-state index >= 15 is 0 Å². The molecule has 1 N–H and O–H groups in total. The highest BCUT2D eigenvalue weighted by Gasteiger charge is 2.10. The summed E-state index contributed by atoms with van der Waals surface area (Å²) in [6.07, 6.45) is 3.18. The summed E-state index contributed by atoms with van der Waals surface area (Å²) in [4.78, 5) is 14.2. The van der Waals surface area contributed by atoms with Crippen molar-refractivity contribution in [2.75, 3.05) is 27.8 Å². The fourth-order valence-electron chi connectivity index (χ4n) is 2.69. The lowest BCUT2D eigenvalue weighted by Crippen LogP contribution is -2.20. The topological polar surface area (TPSA) is 50.8 Å². The summed E-state index contributed by atoms with van der Waals surface area (Å²) in [5.41, 5.74) is 3.05. The van der Waals surface area contributed by atoms with E-state index in [1.54, 1.807) is 25.3 Å². The molecule has 0 fully saturated rings. The van der Waals surface area contributed by atoms with E-state index in [9.17, 15) is 4.79 Å². The Morgan fingerprint density at radius 2 is 1.86 bits per heavy atom. The van der Waals surface area contributed by atoms with Crippen molar-refractivity contribution in [3.05, 3.63) is 64.2 Å². The van der Waals surface area contributed by atoms with E-state index in [2.05, 4.69) is 22.3 Å². The second-order valence-corrected chi connectivity index (χ2v) is 6.98. The summed E-state index contributed by atoms with van der Waals surface area (Å²) in [6.45, 7) is 3.74. The molecule has 0 saturated carbocycles. The summed E-state index contributed by atoms with van der Waals surface area (Å²) in [6, 6.07) is 11.7. The van der Waals surface area contributed by atoms with E-state index in [-0.39, 0.29) is 5.91 Å². The van der Waals surface area contributed by atoms with Crippen molar-refractivity contribution in [2.45, 2.75) is 20.0 Å². The minimum atomic E-state index is -0.178. The molecule has 0 unspecified atom stereocenters. The molecule has 150 valence electrons. The number of carbonyl (C=O) groups excluding carboxylic acids is 1. The first-order valence-corrected chi connectivity index (χ1v) is 9.49. The molecule has 0 bridgehead atoms. The van der Waals surface area contributed by atoms with E-state index in [0.717, 1.165) is 17.7 Å². The fraction of sp³-hybridized carbons (Fsp3) is 0.318. The highest BCUT2D eigenvalue weighted by Crippen LogP contribution is 2.36. The summed E-state index contributed by atoms with van der Waals surface area (Å²) in [5.74, 6) is 0.862. The van der Waals surface area contributed by atoms with Crippen molar-refractivity contribution < 1.29 is 14.3 Å². The van der Waals surface area contributed by atoms with Gasteiger partial charge in [-0.15, -0.1) is 0 Å². The number of ether oxygens (including phenoxy) is 2. The molecule has 2 aromatic rings. The van der Waals surface area contributed by atoms with Gasteiger partial charge in [0.05, 0.1) is 18.7 Å². The van der Waals surface area contributed by atoms with E-state index in [0.29, 0.717) is 29.7 Å². The molecule has 1 amide bonds. The third-order valence-corrected chi connectivity index (χ3v) is 4.23. The monoisotopic (exact) mass is 402 g/mol. The van der Waals surface area contributed by atoms with Crippen LogP contribution in [0.15, 0.2) is 42.5 Å². The number of hydrogen-bond acceptors (Lipinski definition) is 4. The van der Waals surface area contributed by atoms with Crippen LogP contribution < -0.4 is 14.8 Å². The second kappa shape index (κ2) is 10.7. The number of carbonyl (C=O) groups is 1. The smallest absolute Gasteiger partial charge is 0.244 e. The van der Waals surface area contributed by atoms with Crippen LogP contribution in [0.5, 0.6) is 11.5 Å². The molecule has 6 heteroatoms. The predicted molar refractivity (Wildman–Crippen MR) is 114 cm³/mol. The number of halogens is 1. The number of benzene rings is 2. The molecule has 0 aliphatic rings. The third kappa shape index (κ3) is 6.59. The Morgan fingerprint density at radius 3 is 2.46 bits per heavy atom. The minimum Gasteiger partial charge on any atom is -0.491 e. The van der Waals surface area contributed by atoms with Crippen molar-refractivity contribution in [3.63, 3.8) is 0 Å². The van der Waals surface area contributed by atoms with Crippen LogP contribution in [0.2, 0.25) is 5.02 Å². The van der Waals surface area contributed by atoms with Gasteiger partial charge in [-0.05, 0) is 55.9 Å². The van der Waals surface area contributed by atoms with Gasteiger partial charge in [-0.3, -0.25) is 4.79 Å². The van der Waals surface area contributed by atoms with E-state index in [1.807, 2.05) is 33.2 Å². The van der Waals surface area contributed by atoms with Crippen molar-refractivity contribution in [2.24, 2.45) is 0 Å². The Balaban J connectivity index is 1.96. The number of amides is 1. The highest BCUT2D eigenvalue weighted by atomic mass is 35.5. The number of rotatable bonds is 9. The maximum absolute atomic E-state index is 12.1. The van der Waals surface area contributed by atoms with Crippen molar-refractivity contribution in [3.8, 4) is 11.5 Å². The Morgan fingerprint density at radius 1 is 1.18 bits per heavy atom. The summed E-state index contributed by atoms with van der Waals surface area (Å²) < 4.78 is 10.8. The van der Waals surface area contributed by atoms with Crippen molar-refractivity contribution in [1.82, 2.24) is 10.2 Å². The summed E-state index contributed by atoms with van der Waals surface area (Å²) >= 11 is 6.23. The molecule has 28 heavy (non-hydrogen) atoms. The van der Waals surface area contributed by atoms with Gasteiger partial charge < -0.3 is 19.7 Å². The van der Waals surface area contributed by atoms with Crippen LogP contribution in [0.4, 0.5) is 0 Å². The average molecular weight is 403 g/mol. The van der Waals surface area contributed by atoms with Gasteiger partial charge in [0.1, 0.15) is 0 Å². The molecule has 0 spiro atoms. The van der Waals surface area contributed by atoms with Gasteiger partial charge in [0, 0.05) is 19.2 Å². The van der Waals surface area contributed by atoms with Gasteiger partial charge in [-0.1, -0.05) is 35.9 Å². The maximum atomic E-state index is 12.1. The zero-order valence-corrected chi connectivity index (χ0v) is 17.5. The van der Waals surface area contributed by atoms with Gasteiger partial charge >= 0.3 is 0 Å². The number of hydrogen-bond donors (Lipinski definition) is 1. The second-order valence-electron chi connectivity index (χ2n) is 6.57. The molecule has 0 aliphatic heterocycles. The zero-order valence-electron chi connectivity index (χ0n) is 16.8. The average Bonchev–Trinajstić information content (AvgIpc) is 2.65. The van der Waals surface area contributed by atoms with Crippen molar-refractivity contribution >= 4 is 23.6 Å². The molecule has 0 aliphatic carbocycles. The van der Waals surface area contributed by atoms with Gasteiger partial charge in [0.2, 0.25) is 5.91 Å². The van der Waals surface area contributed by atoms with Gasteiger partial charge in [-0.25, -0.2) is 0 Å². The molecule has 2 rings (SSSR count). The van der Waals surface area contributed by atoms with Crippen LogP contribution >= 0.6 is 11.6 Å². The molecule has 0 atom stereocenters. The van der Waals surface area contributed by atoms with Gasteiger partial charge in [0.15, 0.2) is 11.5 Å². The first-order valence-electron chi connectivity index (χ1n) is 9.11. The quantitative estimate of drug-likeness (QED) is 0.640. The van der Waals surface area contributed by atoms with Crippen LogP contribution in [-0.4, -0.2) is 38.6 Å². The number of methoxy groups -OCH3 is 1. The Bertz CT molecular complexity index is 817. The fourth-order valence-corrected chi connectivity index (χ4v) is 2.99. The van der Waals surface area contributed by atoms with E-state index in [1.165, 1.54) is 11.6 Å². The van der Waals surface area contributed by atoms with E-state index in [4.69, 9.17) is 21.1 Å². The first kappa shape index (κ1) is 21.8. The standard InChI is InChI=1S/C22H27ClN2O3/c1-5-28-20-13-18(12-19(23)22(20)27-4)10-11-21(26)24-14-16-6-8-17(9-7-16)15-25(2)3/h6-13H,5,14-15H2,1-4H3,(H,24,26)/b11-10+. The van der Waals surface area contributed by atoms with Crippen LogP contribution in [0, 0.1) is 0 Å². The van der Waals surface area contributed by atoms with Crippen LogP contribution in [0.25, 0.3) is 6.08 Å². The SMILES string of the molecule is CCOc1cc(/C=C/C(=O)NCc2ccc(CN(C)C)cc2)cc(Cl)c1OC. The molecule has 0 radical (unpaired) electrons. The van der Waals surface area contributed by atoms with Crippen LogP contribution in [-0.2, 0) is 17.9 Å². The zero-order chi connectivity index (χ0) is 20.5. The predicted octanol–water partition coefficient (Wildman–Crippen LogP) is 4.14. The molecular formula is C22H27ClN2O3. The molecule has 5 nitrogen and oxygen atoms in total. The van der Waals surface area contributed by atoms with Gasteiger partial charge in [0.25, 0.3) is 0 Å². The highest BCUT2D eigenvalue weighted by molar-refractivity contribution is 6.32. The lowest BCUT2D eigenvalue weighted by atomic mass is 10.1. The summed E-state index contributed by atoms with van der Waals surface area (Å²) in [5, 5.41) is 3.32. The lowest BCUT2D eigenvalue weighted by Gasteiger charge is -2.11. The molecule has 0 saturated heterocycles. The third-order valence-electron chi connectivity index (χ3n) is 3.95.